The van der Waals surface area contributed by atoms with Gasteiger partial charge in [0.15, 0.2) is 11.0 Å². The number of anilines is 2. The molecule has 3 rings (SSSR count). The number of ether oxygens (including phenoxy) is 1. The molecule has 0 aliphatic carbocycles. The van der Waals surface area contributed by atoms with Crippen LogP contribution in [0.15, 0.2) is 53.7 Å². The third kappa shape index (κ3) is 3.79. The zero-order valence-electron chi connectivity index (χ0n) is 14.8. The van der Waals surface area contributed by atoms with Crippen molar-refractivity contribution in [2.24, 2.45) is 0 Å². The highest BCUT2D eigenvalue weighted by Gasteiger charge is 2.16. The largest absolute Gasteiger partial charge is 0.497 e. The number of thioether (sulfide) groups is 1. The lowest BCUT2D eigenvalue weighted by Gasteiger charge is -2.13. The molecule has 0 spiro atoms. The molecule has 26 heavy (non-hydrogen) atoms. The third-order valence-electron chi connectivity index (χ3n) is 3.84. The maximum absolute atomic E-state index is 9.76. The first-order valence-corrected chi connectivity index (χ1v) is 9.21. The lowest BCUT2D eigenvalue weighted by molar-refractivity contribution is 0.415. The van der Waals surface area contributed by atoms with Gasteiger partial charge in [-0.25, -0.2) is 9.97 Å². The van der Waals surface area contributed by atoms with E-state index in [1.165, 1.54) is 11.8 Å². The van der Waals surface area contributed by atoms with E-state index in [-0.39, 0.29) is 0 Å². The number of nitriles is 1. The first-order chi connectivity index (χ1) is 12.6. The van der Waals surface area contributed by atoms with Crippen molar-refractivity contribution in [2.45, 2.75) is 12.1 Å². The molecule has 6 heteroatoms. The van der Waals surface area contributed by atoms with Crippen LogP contribution >= 0.6 is 11.8 Å². The fraction of sp³-hybridized carbons (Fsp3) is 0.150. The van der Waals surface area contributed by atoms with Crippen LogP contribution in [-0.4, -0.2) is 23.3 Å². The van der Waals surface area contributed by atoms with Crippen molar-refractivity contribution < 1.29 is 4.74 Å². The van der Waals surface area contributed by atoms with Crippen LogP contribution in [0.5, 0.6) is 5.75 Å². The predicted octanol–water partition coefficient (Wildman–Crippen LogP) is 4.80. The minimum Gasteiger partial charge on any atom is -0.497 e. The molecule has 130 valence electrons. The molecule has 0 radical (unpaired) electrons. The minimum atomic E-state index is 0.412. The van der Waals surface area contributed by atoms with E-state index < -0.39 is 0 Å². The molecule has 5 nitrogen and oxygen atoms in total. The molecular weight excluding hydrogens is 344 g/mol. The van der Waals surface area contributed by atoms with Crippen LogP contribution < -0.4 is 10.1 Å². The normalized spacial score (nSPS) is 10.2. The topological polar surface area (TPSA) is 70.8 Å². The molecule has 0 aliphatic heterocycles. The van der Waals surface area contributed by atoms with Gasteiger partial charge in [0.25, 0.3) is 0 Å². The van der Waals surface area contributed by atoms with Gasteiger partial charge in [-0.2, -0.15) is 5.26 Å². The van der Waals surface area contributed by atoms with Gasteiger partial charge in [0.1, 0.15) is 17.4 Å². The molecule has 1 heterocycles. The van der Waals surface area contributed by atoms with Crippen molar-refractivity contribution in [3.63, 3.8) is 0 Å². The number of hydrogen-bond acceptors (Lipinski definition) is 6. The molecule has 0 saturated heterocycles. The number of rotatable bonds is 5. The van der Waals surface area contributed by atoms with Gasteiger partial charge in [-0.1, -0.05) is 47.7 Å². The Hall–Kier alpha value is -3.04. The smallest absolute Gasteiger partial charge is 0.189 e. The summed E-state index contributed by atoms with van der Waals surface area (Å²) in [6.45, 7) is 2.03. The minimum absolute atomic E-state index is 0.412. The lowest BCUT2D eigenvalue weighted by atomic mass is 10.1. The van der Waals surface area contributed by atoms with Gasteiger partial charge in [-0.3, -0.25) is 0 Å². The summed E-state index contributed by atoms with van der Waals surface area (Å²) in [4.78, 5) is 9.06. The fourth-order valence-electron chi connectivity index (χ4n) is 2.49. The molecule has 2 aromatic carbocycles. The van der Waals surface area contributed by atoms with Crippen molar-refractivity contribution in [3.05, 3.63) is 59.7 Å². The molecule has 0 atom stereocenters. The molecular formula is C20H18N4OS. The maximum atomic E-state index is 9.76. The van der Waals surface area contributed by atoms with E-state index in [1.807, 2.05) is 61.7 Å². The van der Waals surface area contributed by atoms with Gasteiger partial charge >= 0.3 is 0 Å². The molecule has 0 aliphatic rings. The van der Waals surface area contributed by atoms with E-state index >= 15 is 0 Å². The Morgan fingerprint density at radius 3 is 2.54 bits per heavy atom. The summed E-state index contributed by atoms with van der Waals surface area (Å²) in [5, 5.41) is 13.6. The third-order valence-corrected chi connectivity index (χ3v) is 4.39. The first-order valence-electron chi connectivity index (χ1n) is 7.99. The van der Waals surface area contributed by atoms with Crippen LogP contribution in [0.1, 0.15) is 11.1 Å². The zero-order chi connectivity index (χ0) is 18.5. The van der Waals surface area contributed by atoms with E-state index in [0.717, 1.165) is 22.6 Å². The monoisotopic (exact) mass is 362 g/mol. The highest BCUT2D eigenvalue weighted by atomic mass is 32.2. The van der Waals surface area contributed by atoms with Gasteiger partial charge in [-0.05, 0) is 25.3 Å². The summed E-state index contributed by atoms with van der Waals surface area (Å²) in [7, 11) is 1.62. The van der Waals surface area contributed by atoms with Crippen LogP contribution in [0.3, 0.4) is 0 Å². The zero-order valence-corrected chi connectivity index (χ0v) is 15.6. The van der Waals surface area contributed by atoms with Gasteiger partial charge in [0, 0.05) is 17.3 Å². The van der Waals surface area contributed by atoms with E-state index in [0.29, 0.717) is 22.2 Å². The Bertz CT molecular complexity index is 965. The molecule has 1 aromatic heterocycles. The number of benzene rings is 2. The highest BCUT2D eigenvalue weighted by Crippen LogP contribution is 2.30. The quantitative estimate of drug-likeness (QED) is 0.519. The van der Waals surface area contributed by atoms with Crippen LogP contribution in [0.25, 0.3) is 11.3 Å². The second kappa shape index (κ2) is 7.89. The fourth-order valence-corrected chi connectivity index (χ4v) is 2.85. The van der Waals surface area contributed by atoms with E-state index in [1.54, 1.807) is 7.11 Å². The van der Waals surface area contributed by atoms with Crippen molar-refractivity contribution >= 4 is 23.3 Å². The van der Waals surface area contributed by atoms with Gasteiger partial charge in [0.2, 0.25) is 0 Å². The summed E-state index contributed by atoms with van der Waals surface area (Å²) in [6, 6.07) is 17.7. The van der Waals surface area contributed by atoms with E-state index in [2.05, 4.69) is 21.4 Å². The lowest BCUT2D eigenvalue weighted by Crippen LogP contribution is -2.03. The Morgan fingerprint density at radius 2 is 1.88 bits per heavy atom. The van der Waals surface area contributed by atoms with Gasteiger partial charge < -0.3 is 10.1 Å². The predicted molar refractivity (Wildman–Crippen MR) is 105 cm³/mol. The first kappa shape index (κ1) is 17.8. The highest BCUT2D eigenvalue weighted by molar-refractivity contribution is 7.98. The average molecular weight is 362 g/mol. The van der Waals surface area contributed by atoms with Crippen molar-refractivity contribution in [3.8, 4) is 23.1 Å². The molecule has 1 N–H and O–H groups in total. The number of aryl methyl sites for hydroxylation is 1. The summed E-state index contributed by atoms with van der Waals surface area (Å²) in [5.41, 5.74) is 3.87. The summed E-state index contributed by atoms with van der Waals surface area (Å²) < 4.78 is 5.26. The Kier molecular flexibility index (Phi) is 5.40. The Morgan fingerprint density at radius 1 is 1.12 bits per heavy atom. The average Bonchev–Trinajstić information content (AvgIpc) is 2.68. The Labute approximate surface area is 157 Å². The maximum Gasteiger partial charge on any atom is 0.189 e. The van der Waals surface area contributed by atoms with Crippen LogP contribution in [0.2, 0.25) is 0 Å². The Balaban J connectivity index is 2.10. The van der Waals surface area contributed by atoms with Gasteiger partial charge in [0.05, 0.1) is 12.8 Å². The summed E-state index contributed by atoms with van der Waals surface area (Å²) in [6.07, 6.45) is 1.91. The van der Waals surface area contributed by atoms with Crippen LogP contribution in [-0.2, 0) is 0 Å². The number of methoxy groups -OCH3 is 1. The molecule has 0 fully saturated rings. The molecule has 3 aromatic rings. The van der Waals surface area contributed by atoms with Crippen molar-refractivity contribution in [1.82, 2.24) is 9.97 Å². The number of aromatic nitrogens is 2. The van der Waals surface area contributed by atoms with Gasteiger partial charge in [-0.15, -0.1) is 0 Å². The SMILES string of the molecule is COc1cccc(Nc2nc(SC)nc(-c3ccc(C)cc3)c2C#N)c1. The number of nitrogens with zero attached hydrogens (tertiary/aromatic N) is 3. The van der Waals surface area contributed by atoms with E-state index in [9.17, 15) is 5.26 Å². The molecule has 0 amide bonds. The molecule has 0 bridgehead atoms. The van der Waals surface area contributed by atoms with Crippen molar-refractivity contribution in [1.29, 1.82) is 5.26 Å². The van der Waals surface area contributed by atoms with Crippen LogP contribution in [0, 0.1) is 18.3 Å². The van der Waals surface area contributed by atoms with E-state index in [4.69, 9.17) is 4.74 Å². The standard InChI is InChI=1S/C20H18N4OS/c1-13-7-9-14(10-8-13)18-17(12-21)19(24-20(23-18)26-3)22-15-5-4-6-16(11-15)25-2/h4-11H,1-3H3,(H,22,23,24). The van der Waals surface area contributed by atoms with Crippen molar-refractivity contribution in [2.75, 3.05) is 18.7 Å². The number of hydrogen-bond donors (Lipinski definition) is 1. The molecule has 0 saturated carbocycles. The number of nitrogens with one attached hydrogen (secondary N) is 1. The summed E-state index contributed by atoms with van der Waals surface area (Å²) >= 11 is 1.44. The summed E-state index contributed by atoms with van der Waals surface area (Å²) in [5.74, 6) is 1.21. The second-order valence-corrected chi connectivity index (χ2v) is 6.39. The molecule has 0 unspecified atom stereocenters. The van der Waals surface area contributed by atoms with Crippen LogP contribution in [0.4, 0.5) is 11.5 Å². The second-order valence-electron chi connectivity index (χ2n) is 5.62.